The average Bonchev–Trinajstić information content (AvgIpc) is 3.55. The molecule has 2 aromatic carbocycles. The van der Waals surface area contributed by atoms with E-state index in [4.69, 9.17) is 0 Å². The lowest BCUT2D eigenvalue weighted by Crippen LogP contribution is -2.44. The second-order valence-corrected chi connectivity index (χ2v) is 11.4. The molecule has 2 aliphatic heterocycles. The molecule has 1 aliphatic carbocycles. The Hall–Kier alpha value is -3.67. The number of likely N-dealkylation sites (tertiary alicyclic amines) is 1. The van der Waals surface area contributed by atoms with Crippen molar-refractivity contribution in [1.82, 2.24) is 15.2 Å². The fraction of sp³-hybridized carbons (Fsp3) is 0.406. The number of hydrogen-bond donors (Lipinski definition) is 1. The van der Waals surface area contributed by atoms with Crippen molar-refractivity contribution in [2.75, 3.05) is 31.1 Å². The van der Waals surface area contributed by atoms with Gasteiger partial charge in [0.2, 0.25) is 0 Å². The van der Waals surface area contributed by atoms with Gasteiger partial charge in [-0.25, -0.2) is 0 Å². The Morgan fingerprint density at radius 1 is 0.974 bits per heavy atom. The molecular weight excluding hydrogens is 472 g/mol. The van der Waals surface area contributed by atoms with E-state index in [9.17, 15) is 9.59 Å². The number of fused-ring (bicyclic) bond motifs is 1. The first-order valence-electron chi connectivity index (χ1n) is 13.9. The Kier molecular flexibility index (Phi) is 6.42. The molecule has 3 heterocycles. The van der Waals surface area contributed by atoms with Gasteiger partial charge in [0.1, 0.15) is 0 Å². The van der Waals surface area contributed by atoms with Crippen LogP contribution in [0.5, 0.6) is 0 Å². The molecule has 6 heteroatoms. The van der Waals surface area contributed by atoms with Gasteiger partial charge in [0.25, 0.3) is 11.8 Å². The summed E-state index contributed by atoms with van der Waals surface area (Å²) in [7, 11) is 0. The number of carbonyl (C=O) groups excluding carboxylic acids is 2. The molecule has 6 nitrogen and oxygen atoms in total. The van der Waals surface area contributed by atoms with Gasteiger partial charge in [0.15, 0.2) is 0 Å². The van der Waals surface area contributed by atoms with Crippen molar-refractivity contribution >= 4 is 17.5 Å². The highest BCUT2D eigenvalue weighted by atomic mass is 16.2. The molecule has 196 valence electrons. The summed E-state index contributed by atoms with van der Waals surface area (Å²) in [5.41, 5.74) is 7.44. The molecule has 38 heavy (non-hydrogen) atoms. The maximum atomic E-state index is 13.5. The summed E-state index contributed by atoms with van der Waals surface area (Å²) in [6.45, 7) is 7.74. The van der Waals surface area contributed by atoms with Gasteiger partial charge in [-0.05, 0) is 104 Å². The minimum Gasteiger partial charge on any atom is -0.371 e. The van der Waals surface area contributed by atoms with Crippen molar-refractivity contribution in [3.8, 4) is 0 Å². The number of nitrogens with one attached hydrogen (secondary N) is 1. The summed E-state index contributed by atoms with van der Waals surface area (Å²) in [4.78, 5) is 35.3. The van der Waals surface area contributed by atoms with Gasteiger partial charge in [-0.3, -0.25) is 14.6 Å². The number of carbonyl (C=O) groups is 2. The molecular formula is C32H36N4O2. The number of aryl methyl sites for hydroxylation is 2. The van der Waals surface area contributed by atoms with Crippen molar-refractivity contribution in [2.24, 2.45) is 5.41 Å². The van der Waals surface area contributed by atoms with Crippen LogP contribution < -0.4 is 10.2 Å². The number of aromatic nitrogens is 1. The maximum Gasteiger partial charge on any atom is 0.253 e. The van der Waals surface area contributed by atoms with Gasteiger partial charge < -0.3 is 15.1 Å². The van der Waals surface area contributed by atoms with E-state index in [1.807, 2.05) is 61.5 Å². The lowest BCUT2D eigenvalue weighted by molar-refractivity contribution is 0.0610. The number of pyridine rings is 1. The largest absolute Gasteiger partial charge is 0.371 e. The van der Waals surface area contributed by atoms with E-state index in [1.54, 1.807) is 0 Å². The first-order valence-corrected chi connectivity index (χ1v) is 13.9. The zero-order valence-electron chi connectivity index (χ0n) is 22.4. The molecule has 6 rings (SSSR count). The Balaban J connectivity index is 1.11. The van der Waals surface area contributed by atoms with Crippen LogP contribution in [0.15, 0.2) is 60.9 Å². The van der Waals surface area contributed by atoms with Crippen LogP contribution in [0.25, 0.3) is 0 Å². The molecule has 1 aromatic heterocycles. The van der Waals surface area contributed by atoms with E-state index in [0.29, 0.717) is 5.41 Å². The third-order valence-electron chi connectivity index (χ3n) is 9.20. The van der Waals surface area contributed by atoms with Crippen LogP contribution in [-0.2, 0) is 6.42 Å². The molecule has 2 saturated heterocycles. The number of benzene rings is 2. The predicted molar refractivity (Wildman–Crippen MR) is 150 cm³/mol. The highest BCUT2D eigenvalue weighted by Gasteiger charge is 2.41. The predicted octanol–water partition coefficient (Wildman–Crippen LogP) is 5.25. The van der Waals surface area contributed by atoms with Crippen molar-refractivity contribution in [3.05, 3.63) is 94.3 Å². The summed E-state index contributed by atoms with van der Waals surface area (Å²) < 4.78 is 0. The topological polar surface area (TPSA) is 65.5 Å². The van der Waals surface area contributed by atoms with Gasteiger partial charge in [-0.1, -0.05) is 18.2 Å². The van der Waals surface area contributed by atoms with E-state index in [0.717, 1.165) is 79.7 Å². The van der Waals surface area contributed by atoms with Crippen LogP contribution >= 0.6 is 0 Å². The van der Waals surface area contributed by atoms with E-state index >= 15 is 0 Å². The van der Waals surface area contributed by atoms with Crippen LogP contribution in [-0.4, -0.2) is 47.9 Å². The van der Waals surface area contributed by atoms with Crippen molar-refractivity contribution in [1.29, 1.82) is 0 Å². The number of piperidine rings is 1. The number of amides is 2. The molecule has 3 aromatic rings. The maximum absolute atomic E-state index is 13.5. The average molecular weight is 509 g/mol. The Labute approximate surface area is 225 Å². The monoisotopic (exact) mass is 508 g/mol. The summed E-state index contributed by atoms with van der Waals surface area (Å²) in [6, 6.07) is 16.0. The molecule has 1 unspecified atom stereocenters. The normalized spacial score (nSPS) is 20.0. The van der Waals surface area contributed by atoms with Gasteiger partial charge >= 0.3 is 0 Å². The molecule has 1 N–H and O–H groups in total. The van der Waals surface area contributed by atoms with Crippen LogP contribution in [0.4, 0.5) is 5.69 Å². The first-order chi connectivity index (χ1) is 18.4. The number of anilines is 1. The highest BCUT2D eigenvalue weighted by Crippen LogP contribution is 2.42. The number of rotatable bonds is 4. The molecule has 0 saturated carbocycles. The Bertz CT molecular complexity index is 1360. The van der Waals surface area contributed by atoms with E-state index < -0.39 is 0 Å². The zero-order chi connectivity index (χ0) is 26.3. The minimum absolute atomic E-state index is 0.0421. The summed E-state index contributed by atoms with van der Waals surface area (Å²) in [5, 5.41) is 3.24. The first kappa shape index (κ1) is 24.7. The molecule has 2 amide bonds. The molecule has 0 bridgehead atoms. The molecule has 1 spiro atoms. The van der Waals surface area contributed by atoms with E-state index in [1.165, 1.54) is 17.7 Å². The quantitative estimate of drug-likeness (QED) is 0.523. The zero-order valence-corrected chi connectivity index (χ0v) is 22.4. The smallest absolute Gasteiger partial charge is 0.253 e. The standard InChI is InChI=1S/C32H36N4O2/c1-22-4-3-5-27(23(22)2)30(37)34-29-9-8-24-6-7-25(20-28(24)29)31(38)35-17-12-32(13-18-35)14-19-36(21-32)26-10-15-33-16-11-26/h3-7,10-11,15-16,20,29H,8-9,12-14,17-19,21H2,1-2H3,(H,34,37). The second kappa shape index (κ2) is 9.90. The van der Waals surface area contributed by atoms with Crippen molar-refractivity contribution in [2.45, 2.75) is 52.0 Å². The molecule has 0 radical (unpaired) electrons. The van der Waals surface area contributed by atoms with Gasteiger partial charge in [0.05, 0.1) is 6.04 Å². The molecule has 1 atom stereocenters. The van der Waals surface area contributed by atoms with Crippen LogP contribution in [0.1, 0.15) is 74.7 Å². The third kappa shape index (κ3) is 4.57. The fourth-order valence-electron chi connectivity index (χ4n) is 6.60. The summed E-state index contributed by atoms with van der Waals surface area (Å²) in [5.74, 6) is 0.0672. The highest BCUT2D eigenvalue weighted by molar-refractivity contribution is 5.97. The van der Waals surface area contributed by atoms with Gasteiger partial charge in [-0.2, -0.15) is 0 Å². The van der Waals surface area contributed by atoms with Gasteiger partial charge in [-0.15, -0.1) is 0 Å². The second-order valence-electron chi connectivity index (χ2n) is 11.4. The van der Waals surface area contributed by atoms with E-state index in [-0.39, 0.29) is 17.9 Å². The Morgan fingerprint density at radius 3 is 2.53 bits per heavy atom. The third-order valence-corrected chi connectivity index (χ3v) is 9.20. The SMILES string of the molecule is Cc1cccc(C(=O)NC2CCc3ccc(C(=O)N4CCC5(CC4)CCN(c4ccncc4)C5)cc32)c1C. The van der Waals surface area contributed by atoms with E-state index in [2.05, 4.69) is 33.4 Å². The molecule has 2 fully saturated rings. The molecule has 3 aliphatic rings. The lowest BCUT2D eigenvalue weighted by Gasteiger charge is -2.39. The summed E-state index contributed by atoms with van der Waals surface area (Å²) >= 11 is 0. The van der Waals surface area contributed by atoms with Crippen molar-refractivity contribution < 1.29 is 9.59 Å². The number of hydrogen-bond acceptors (Lipinski definition) is 4. The van der Waals surface area contributed by atoms with Crippen LogP contribution in [0, 0.1) is 19.3 Å². The van der Waals surface area contributed by atoms with Crippen molar-refractivity contribution in [3.63, 3.8) is 0 Å². The van der Waals surface area contributed by atoms with Gasteiger partial charge in [0, 0.05) is 55.4 Å². The fourth-order valence-corrected chi connectivity index (χ4v) is 6.60. The Morgan fingerprint density at radius 2 is 1.74 bits per heavy atom. The minimum atomic E-state index is -0.0626. The van der Waals surface area contributed by atoms with Crippen LogP contribution in [0.2, 0.25) is 0 Å². The van der Waals surface area contributed by atoms with Crippen LogP contribution in [0.3, 0.4) is 0 Å². The lowest BCUT2D eigenvalue weighted by atomic mass is 9.77. The number of nitrogens with zero attached hydrogens (tertiary/aromatic N) is 3. The summed E-state index contributed by atoms with van der Waals surface area (Å²) in [6.07, 6.45) is 8.76.